The summed E-state index contributed by atoms with van der Waals surface area (Å²) < 4.78 is 43.4. The fourth-order valence-corrected chi connectivity index (χ4v) is 31.4. The van der Waals surface area contributed by atoms with E-state index in [-0.39, 0.29) is 48.8 Å². The summed E-state index contributed by atoms with van der Waals surface area (Å²) in [4.78, 5) is 52.9. The summed E-state index contributed by atoms with van der Waals surface area (Å²) in [6.07, 6.45) is -1.44. The van der Waals surface area contributed by atoms with Gasteiger partial charge in [-0.15, -0.1) is 0 Å². The van der Waals surface area contributed by atoms with Crippen LogP contribution in [-0.4, -0.2) is 92.3 Å². The summed E-state index contributed by atoms with van der Waals surface area (Å²) in [6.45, 7) is 29.6. The maximum absolute atomic E-state index is 12.5. The van der Waals surface area contributed by atoms with Crippen LogP contribution in [0.1, 0.15) is 44.3 Å². The van der Waals surface area contributed by atoms with Crippen LogP contribution < -0.4 is 9.47 Å². The van der Waals surface area contributed by atoms with Crippen LogP contribution in [0.5, 0.6) is 11.5 Å². The van der Waals surface area contributed by atoms with E-state index in [1.807, 2.05) is 0 Å². The summed E-state index contributed by atoms with van der Waals surface area (Å²) in [5, 5.41) is 12.6. The van der Waals surface area contributed by atoms with Gasteiger partial charge in [0.2, 0.25) is 0 Å². The predicted molar refractivity (Wildman–Crippen MR) is 216 cm³/mol. The zero-order valence-electron chi connectivity index (χ0n) is 34.2. The van der Waals surface area contributed by atoms with Crippen LogP contribution in [0.25, 0.3) is 0 Å². The van der Waals surface area contributed by atoms with E-state index in [1.165, 1.54) is 19.1 Å². The molecule has 1 fully saturated rings. The van der Waals surface area contributed by atoms with E-state index in [0.717, 1.165) is 12.1 Å². The summed E-state index contributed by atoms with van der Waals surface area (Å²) in [5.74, 6) is -0.934. The third kappa shape index (κ3) is 17.0. The zero-order chi connectivity index (χ0) is 40.6. The molecule has 1 aromatic rings. The smallest absolute Gasteiger partial charge is 0.490 e. The number of hydrogen-bond donors (Lipinski definition) is 0. The van der Waals surface area contributed by atoms with Crippen molar-refractivity contribution in [1.29, 1.82) is 0 Å². The molecule has 1 heterocycles. The Hall–Kier alpha value is -2.23. The van der Waals surface area contributed by atoms with Gasteiger partial charge in [0, 0.05) is 12.8 Å². The van der Waals surface area contributed by atoms with Crippen molar-refractivity contribution in [2.75, 3.05) is 13.2 Å². The van der Waals surface area contributed by atoms with Gasteiger partial charge in [-0.2, -0.15) is 0 Å². The highest BCUT2D eigenvalue weighted by Gasteiger charge is 2.39. The van der Waals surface area contributed by atoms with Crippen LogP contribution in [0, 0.1) is 10.1 Å². The van der Waals surface area contributed by atoms with Crippen LogP contribution in [0.15, 0.2) is 12.1 Å². The molecule has 0 aliphatic carbocycles. The first-order valence-electron chi connectivity index (χ1n) is 18.2. The quantitative estimate of drug-likeness (QED) is 0.0274. The normalized spacial score (nSPS) is 15.2. The number of hydroxylamine groups is 2. The van der Waals surface area contributed by atoms with E-state index in [2.05, 4.69) is 85.1 Å². The Bertz CT molecular complexity index is 1440. The number of hydrogen-bond acceptors (Lipinski definition) is 13. The molecule has 2 rings (SSSR count). The molecule has 53 heavy (non-hydrogen) atoms. The number of ether oxygens (including phenoxy) is 3. The highest BCUT2D eigenvalue weighted by molar-refractivity contribution is 6.87. The van der Waals surface area contributed by atoms with Gasteiger partial charge < -0.3 is 30.7 Å². The first-order chi connectivity index (χ1) is 24.1. The molecule has 0 aromatic heterocycles. The number of carbonyl (C=O) groups excluding carboxylic acids is 3. The Morgan fingerprint density at radius 1 is 0.811 bits per heavy atom. The third-order valence-electron chi connectivity index (χ3n) is 7.65. The topological polar surface area (TPSA) is 171 Å². The molecule has 302 valence electrons. The average Bonchev–Trinajstić information content (AvgIpc) is 3.26. The molecular weight excluding hydrogens is 789 g/mol. The lowest BCUT2D eigenvalue weighted by Gasteiger charge is -2.37. The van der Waals surface area contributed by atoms with Crippen molar-refractivity contribution in [1.82, 2.24) is 5.06 Å². The Kier molecular flexibility index (Phi) is 16.9. The number of nitrogens with zero attached hydrogens (tertiary/aromatic N) is 2. The van der Waals surface area contributed by atoms with Crippen LogP contribution in [0.2, 0.25) is 97.2 Å². The van der Waals surface area contributed by atoms with E-state index in [1.54, 1.807) is 0 Å². The Labute approximate surface area is 322 Å². The molecular formula is C32H62N2O13Si6. The van der Waals surface area contributed by atoms with Gasteiger partial charge in [0.1, 0.15) is 6.10 Å². The van der Waals surface area contributed by atoms with Crippen molar-refractivity contribution in [3.63, 3.8) is 0 Å². The van der Waals surface area contributed by atoms with Gasteiger partial charge in [-0.25, -0.2) is 4.79 Å². The molecule has 2 amide bonds. The number of nitro groups is 1. The van der Waals surface area contributed by atoms with Gasteiger partial charge in [0.05, 0.1) is 29.8 Å². The molecule has 0 saturated carbocycles. The van der Waals surface area contributed by atoms with Crippen molar-refractivity contribution < 1.29 is 54.8 Å². The van der Waals surface area contributed by atoms with Crippen molar-refractivity contribution in [3.8, 4) is 11.5 Å². The molecule has 21 heteroatoms. The molecule has 0 bridgehead atoms. The minimum absolute atomic E-state index is 0.0190. The van der Waals surface area contributed by atoms with Crippen molar-refractivity contribution in [2.24, 2.45) is 0 Å². The van der Waals surface area contributed by atoms with E-state index in [0.29, 0.717) is 17.9 Å². The standard InChI is InChI=1S/C32H62N2O13Si6/c1-25(42-32(37)43-33-30(35)17-18-31(33)36)26-23-28(40-19-15-22-51(9,10)47-53(13,14)45-49(4,5)6)29(24-27(26)34(38)39)41-20-16-21-50(7,8)46-52(11,12)44-48(2)3/h23-25,48H,15-22H2,1-14H3. The number of amides is 2. The van der Waals surface area contributed by atoms with Gasteiger partial charge in [0.25, 0.3) is 17.5 Å². The highest BCUT2D eigenvalue weighted by atomic mass is 28.5. The third-order valence-corrected chi connectivity index (χ3v) is 27.7. The van der Waals surface area contributed by atoms with Crippen LogP contribution in [0.3, 0.4) is 0 Å². The molecule has 1 saturated heterocycles. The van der Waals surface area contributed by atoms with Crippen molar-refractivity contribution in [2.45, 2.75) is 136 Å². The van der Waals surface area contributed by atoms with Crippen LogP contribution >= 0.6 is 0 Å². The number of nitro benzene ring substituents is 1. The molecule has 0 radical (unpaired) electrons. The summed E-state index contributed by atoms with van der Waals surface area (Å²) in [7, 11) is -11.9. The van der Waals surface area contributed by atoms with Crippen LogP contribution in [-0.2, 0) is 35.6 Å². The minimum atomic E-state index is -2.33. The molecule has 15 nitrogen and oxygen atoms in total. The van der Waals surface area contributed by atoms with Crippen LogP contribution in [0.4, 0.5) is 10.5 Å². The summed E-state index contributed by atoms with van der Waals surface area (Å²) >= 11 is 0. The van der Waals surface area contributed by atoms with Gasteiger partial charge in [-0.05, 0) is 123 Å². The second kappa shape index (κ2) is 19.1. The van der Waals surface area contributed by atoms with E-state index >= 15 is 0 Å². The monoisotopic (exact) mass is 850 g/mol. The maximum atomic E-state index is 12.5. The molecule has 1 atom stereocenters. The van der Waals surface area contributed by atoms with E-state index in [9.17, 15) is 24.5 Å². The van der Waals surface area contributed by atoms with E-state index < -0.39 is 80.1 Å². The lowest BCUT2D eigenvalue weighted by Crippen LogP contribution is -2.51. The Morgan fingerprint density at radius 3 is 1.74 bits per heavy atom. The first kappa shape index (κ1) is 46.9. The van der Waals surface area contributed by atoms with E-state index in [4.69, 9.17) is 35.5 Å². The van der Waals surface area contributed by atoms with Gasteiger partial charge >= 0.3 is 23.3 Å². The lowest BCUT2D eigenvalue weighted by atomic mass is 10.1. The second-order valence-corrected chi connectivity index (χ2v) is 40.0. The summed E-state index contributed by atoms with van der Waals surface area (Å²) in [5.41, 5.74) is -0.344. The number of rotatable bonds is 22. The predicted octanol–water partition coefficient (Wildman–Crippen LogP) is 8.11. The average molecular weight is 851 g/mol. The lowest BCUT2D eigenvalue weighted by molar-refractivity contribution is -0.386. The zero-order valence-corrected chi connectivity index (χ0v) is 40.3. The molecule has 1 aliphatic rings. The Morgan fingerprint density at radius 2 is 1.28 bits per heavy atom. The summed E-state index contributed by atoms with van der Waals surface area (Å²) in [6, 6.07) is 4.27. The highest BCUT2D eigenvalue weighted by Crippen LogP contribution is 2.39. The SMILES string of the molecule is CC(OC(=O)ON1C(=O)CCC1=O)c1cc(OCCC[Si](C)(C)O[Si](C)(C)O[Si](C)(C)C)c(OCCC[Si](C)(C)O[Si](C)(C)O[SiH](C)C)cc1[N+](=O)[O-]. The van der Waals surface area contributed by atoms with Crippen molar-refractivity contribution >= 4 is 74.8 Å². The van der Waals surface area contributed by atoms with Gasteiger partial charge in [0.15, 0.2) is 45.5 Å². The fraction of sp³-hybridized carbons (Fsp3) is 0.719. The minimum Gasteiger partial charge on any atom is -0.490 e. The largest absolute Gasteiger partial charge is 0.534 e. The first-order valence-corrected chi connectivity index (χ1v) is 36.3. The Balaban J connectivity index is 2.27. The molecule has 0 spiro atoms. The second-order valence-electron chi connectivity index (χ2n) is 16.6. The fourth-order valence-electron chi connectivity index (χ4n) is 6.38. The van der Waals surface area contributed by atoms with Gasteiger partial charge in [-0.1, -0.05) is 5.06 Å². The number of benzene rings is 1. The number of carbonyl (C=O) groups is 3. The molecule has 1 unspecified atom stereocenters. The maximum Gasteiger partial charge on any atom is 0.534 e. The number of imide groups is 1. The molecule has 1 aliphatic heterocycles. The molecule has 1 aromatic carbocycles. The van der Waals surface area contributed by atoms with Crippen molar-refractivity contribution in [3.05, 3.63) is 27.8 Å². The molecule has 0 N–H and O–H groups in total. The van der Waals surface area contributed by atoms with Gasteiger partial charge in [-0.3, -0.25) is 24.5 Å².